The van der Waals surface area contributed by atoms with Gasteiger partial charge in [0.15, 0.2) is 0 Å². The van der Waals surface area contributed by atoms with Crippen LogP contribution in [0.4, 0.5) is 5.69 Å². The number of likely N-dealkylation sites (N-methyl/N-ethyl adjacent to an activating group) is 1. The Morgan fingerprint density at radius 1 is 1.33 bits per heavy atom. The number of carbonyl (C=O) groups is 1. The maximum Gasteiger partial charge on any atom is 0.238 e. The van der Waals surface area contributed by atoms with E-state index in [1.807, 2.05) is 31.2 Å². The first-order chi connectivity index (χ1) is 8.76. The van der Waals surface area contributed by atoms with Crippen molar-refractivity contribution in [3.63, 3.8) is 0 Å². The zero-order valence-corrected chi connectivity index (χ0v) is 11.2. The van der Waals surface area contributed by atoms with E-state index in [4.69, 9.17) is 4.74 Å². The first-order valence-electron chi connectivity index (χ1n) is 6.49. The lowest BCUT2D eigenvalue weighted by Crippen LogP contribution is -2.27. The summed E-state index contributed by atoms with van der Waals surface area (Å²) in [7, 11) is 0. The van der Waals surface area contributed by atoms with E-state index in [0.29, 0.717) is 13.2 Å². The van der Waals surface area contributed by atoms with Crippen LogP contribution in [0.25, 0.3) is 0 Å². The van der Waals surface area contributed by atoms with Crippen molar-refractivity contribution in [1.82, 2.24) is 5.32 Å². The molecular weight excluding hydrogens is 228 g/mol. The fraction of sp³-hybridized carbons (Fsp3) is 0.500. The summed E-state index contributed by atoms with van der Waals surface area (Å²) in [5.74, 6) is 0.757. The molecule has 4 heteroatoms. The van der Waals surface area contributed by atoms with Gasteiger partial charge in [-0.15, -0.1) is 0 Å². The number of rotatable bonds is 8. The van der Waals surface area contributed by atoms with Crippen LogP contribution in [0.1, 0.15) is 26.7 Å². The number of ether oxygens (including phenoxy) is 1. The molecule has 0 aliphatic carbocycles. The molecule has 0 bridgehead atoms. The molecule has 100 valence electrons. The molecule has 0 aliphatic rings. The summed E-state index contributed by atoms with van der Waals surface area (Å²) in [6.45, 7) is 5.92. The van der Waals surface area contributed by atoms with Crippen molar-refractivity contribution in [2.24, 2.45) is 0 Å². The van der Waals surface area contributed by atoms with Crippen molar-refractivity contribution in [2.75, 3.05) is 25.0 Å². The number of hydrogen-bond acceptors (Lipinski definition) is 3. The molecule has 1 rings (SSSR count). The van der Waals surface area contributed by atoms with Crippen LogP contribution < -0.4 is 15.4 Å². The second-order valence-corrected chi connectivity index (χ2v) is 4.06. The Labute approximate surface area is 109 Å². The zero-order valence-electron chi connectivity index (χ0n) is 11.2. The van der Waals surface area contributed by atoms with E-state index in [2.05, 4.69) is 17.6 Å². The van der Waals surface area contributed by atoms with Gasteiger partial charge in [-0.2, -0.15) is 0 Å². The monoisotopic (exact) mass is 250 g/mol. The van der Waals surface area contributed by atoms with Crippen LogP contribution in [0.15, 0.2) is 24.3 Å². The van der Waals surface area contributed by atoms with E-state index in [9.17, 15) is 4.79 Å². The lowest BCUT2D eigenvalue weighted by molar-refractivity contribution is -0.115. The first-order valence-corrected chi connectivity index (χ1v) is 6.49. The predicted molar refractivity (Wildman–Crippen MR) is 74.0 cm³/mol. The maximum atomic E-state index is 11.5. The SMILES string of the molecule is CCCCOc1cccc(NC(=O)CNCC)c1. The molecule has 0 fully saturated rings. The minimum Gasteiger partial charge on any atom is -0.494 e. The summed E-state index contributed by atoms with van der Waals surface area (Å²) in [6, 6.07) is 7.48. The van der Waals surface area contributed by atoms with Gasteiger partial charge in [-0.1, -0.05) is 26.3 Å². The number of unbranched alkanes of at least 4 members (excludes halogenated alkanes) is 1. The molecule has 0 unspecified atom stereocenters. The Bertz CT molecular complexity index is 367. The van der Waals surface area contributed by atoms with Crippen LogP contribution in [0.2, 0.25) is 0 Å². The van der Waals surface area contributed by atoms with Crippen LogP contribution in [0, 0.1) is 0 Å². The van der Waals surface area contributed by atoms with Crippen molar-refractivity contribution in [2.45, 2.75) is 26.7 Å². The summed E-state index contributed by atoms with van der Waals surface area (Å²) >= 11 is 0. The molecular formula is C14H22N2O2. The van der Waals surface area contributed by atoms with E-state index in [-0.39, 0.29) is 5.91 Å². The van der Waals surface area contributed by atoms with Gasteiger partial charge in [0.1, 0.15) is 5.75 Å². The predicted octanol–water partition coefficient (Wildman–Crippen LogP) is 2.41. The van der Waals surface area contributed by atoms with Crippen LogP contribution in [-0.4, -0.2) is 25.6 Å². The van der Waals surface area contributed by atoms with Gasteiger partial charge < -0.3 is 15.4 Å². The number of hydrogen-bond donors (Lipinski definition) is 2. The van der Waals surface area contributed by atoms with E-state index >= 15 is 0 Å². The third kappa shape index (κ3) is 5.68. The Hall–Kier alpha value is -1.55. The summed E-state index contributed by atoms with van der Waals surface area (Å²) < 4.78 is 5.58. The molecule has 4 nitrogen and oxygen atoms in total. The van der Waals surface area contributed by atoms with E-state index in [1.165, 1.54) is 0 Å². The highest BCUT2D eigenvalue weighted by Crippen LogP contribution is 2.17. The molecule has 1 amide bonds. The summed E-state index contributed by atoms with van der Waals surface area (Å²) in [5.41, 5.74) is 0.770. The molecule has 0 radical (unpaired) electrons. The minimum atomic E-state index is -0.0393. The standard InChI is InChI=1S/C14H22N2O2/c1-3-5-9-18-13-8-6-7-12(10-13)16-14(17)11-15-4-2/h6-8,10,15H,3-5,9,11H2,1-2H3,(H,16,17). The lowest BCUT2D eigenvalue weighted by atomic mass is 10.3. The van der Waals surface area contributed by atoms with Crippen LogP contribution in [0.5, 0.6) is 5.75 Å². The Balaban J connectivity index is 2.45. The Morgan fingerprint density at radius 3 is 2.89 bits per heavy atom. The Morgan fingerprint density at radius 2 is 2.17 bits per heavy atom. The summed E-state index contributed by atoms with van der Waals surface area (Å²) in [4.78, 5) is 11.5. The molecule has 1 aromatic carbocycles. The van der Waals surface area contributed by atoms with Gasteiger partial charge in [0.25, 0.3) is 0 Å². The molecule has 0 heterocycles. The zero-order chi connectivity index (χ0) is 13.2. The van der Waals surface area contributed by atoms with Gasteiger partial charge in [0.2, 0.25) is 5.91 Å². The second-order valence-electron chi connectivity index (χ2n) is 4.06. The van der Waals surface area contributed by atoms with Crippen molar-refractivity contribution in [3.8, 4) is 5.75 Å². The molecule has 2 N–H and O–H groups in total. The molecule has 0 aliphatic heterocycles. The number of anilines is 1. The third-order valence-corrected chi connectivity index (χ3v) is 2.42. The number of nitrogens with one attached hydrogen (secondary N) is 2. The van der Waals surface area contributed by atoms with Gasteiger partial charge in [-0.05, 0) is 25.1 Å². The molecule has 0 spiro atoms. The van der Waals surface area contributed by atoms with Crippen LogP contribution >= 0.6 is 0 Å². The molecule has 0 aromatic heterocycles. The molecule has 0 atom stereocenters. The topological polar surface area (TPSA) is 50.4 Å². The molecule has 0 saturated heterocycles. The highest BCUT2D eigenvalue weighted by atomic mass is 16.5. The quantitative estimate of drug-likeness (QED) is 0.697. The number of amides is 1. The van der Waals surface area contributed by atoms with Gasteiger partial charge in [0.05, 0.1) is 13.2 Å². The second kappa shape index (κ2) is 8.53. The van der Waals surface area contributed by atoms with Gasteiger partial charge >= 0.3 is 0 Å². The average molecular weight is 250 g/mol. The largest absolute Gasteiger partial charge is 0.494 e. The van der Waals surface area contributed by atoms with E-state index < -0.39 is 0 Å². The normalized spacial score (nSPS) is 10.1. The van der Waals surface area contributed by atoms with Crippen LogP contribution in [-0.2, 0) is 4.79 Å². The highest BCUT2D eigenvalue weighted by Gasteiger charge is 2.02. The lowest BCUT2D eigenvalue weighted by Gasteiger charge is -2.09. The van der Waals surface area contributed by atoms with Crippen molar-refractivity contribution < 1.29 is 9.53 Å². The average Bonchev–Trinajstić information content (AvgIpc) is 2.37. The first kappa shape index (κ1) is 14.5. The third-order valence-electron chi connectivity index (χ3n) is 2.42. The fourth-order valence-electron chi connectivity index (χ4n) is 1.44. The maximum absolute atomic E-state index is 11.5. The van der Waals surface area contributed by atoms with Crippen molar-refractivity contribution >= 4 is 11.6 Å². The van der Waals surface area contributed by atoms with Crippen LogP contribution in [0.3, 0.4) is 0 Å². The van der Waals surface area contributed by atoms with Gasteiger partial charge in [-0.3, -0.25) is 4.79 Å². The molecule has 18 heavy (non-hydrogen) atoms. The molecule has 1 aromatic rings. The Kier molecular flexibility index (Phi) is 6.87. The minimum absolute atomic E-state index is 0.0393. The van der Waals surface area contributed by atoms with Gasteiger partial charge in [0, 0.05) is 11.8 Å². The highest BCUT2D eigenvalue weighted by molar-refractivity contribution is 5.92. The smallest absolute Gasteiger partial charge is 0.238 e. The summed E-state index contributed by atoms with van der Waals surface area (Å²) in [6.07, 6.45) is 2.15. The van der Waals surface area contributed by atoms with Gasteiger partial charge in [-0.25, -0.2) is 0 Å². The van der Waals surface area contributed by atoms with Crippen molar-refractivity contribution in [1.29, 1.82) is 0 Å². The number of carbonyl (C=O) groups excluding carboxylic acids is 1. The van der Waals surface area contributed by atoms with Crippen molar-refractivity contribution in [3.05, 3.63) is 24.3 Å². The van der Waals surface area contributed by atoms with E-state index in [0.717, 1.165) is 30.8 Å². The molecule has 0 saturated carbocycles. The van der Waals surface area contributed by atoms with E-state index in [1.54, 1.807) is 0 Å². The summed E-state index contributed by atoms with van der Waals surface area (Å²) in [5, 5.41) is 5.81. The fourth-order valence-corrected chi connectivity index (χ4v) is 1.44. The number of benzene rings is 1.